The molecule has 0 radical (unpaired) electrons. The van der Waals surface area contributed by atoms with Crippen LogP contribution in [0, 0.1) is 5.92 Å². The third-order valence-corrected chi connectivity index (χ3v) is 5.64. The number of halogens is 1. The highest BCUT2D eigenvalue weighted by molar-refractivity contribution is 7.92. The summed E-state index contributed by atoms with van der Waals surface area (Å²) in [6, 6.07) is 10.4. The molecule has 0 atom stereocenters. The van der Waals surface area contributed by atoms with Crippen LogP contribution >= 0.6 is 11.6 Å². The maximum atomic E-state index is 12.5. The summed E-state index contributed by atoms with van der Waals surface area (Å²) < 4.78 is 38.0. The van der Waals surface area contributed by atoms with Crippen LogP contribution in [0.25, 0.3) is 0 Å². The van der Waals surface area contributed by atoms with E-state index in [-0.39, 0.29) is 17.4 Å². The molecule has 0 aliphatic carbocycles. The number of amides is 1. The van der Waals surface area contributed by atoms with Gasteiger partial charge in [-0.3, -0.25) is 9.52 Å². The first kappa shape index (κ1) is 22.8. The number of rotatable bonds is 10. The number of nitrogens with one attached hydrogen (secondary N) is 2. The zero-order valence-electron chi connectivity index (χ0n) is 16.6. The summed E-state index contributed by atoms with van der Waals surface area (Å²) in [6.07, 6.45) is 0.894. The molecule has 29 heavy (non-hydrogen) atoms. The molecule has 2 aromatic carbocycles. The van der Waals surface area contributed by atoms with E-state index in [0.717, 1.165) is 6.42 Å². The number of benzene rings is 2. The molecule has 2 N–H and O–H groups in total. The van der Waals surface area contributed by atoms with E-state index in [2.05, 4.69) is 23.9 Å². The first-order valence-electron chi connectivity index (χ1n) is 9.07. The summed E-state index contributed by atoms with van der Waals surface area (Å²) in [4.78, 5) is 11.8. The summed E-state index contributed by atoms with van der Waals surface area (Å²) in [5.41, 5.74) is 0.314. The van der Waals surface area contributed by atoms with Crippen LogP contribution in [0.1, 0.15) is 20.3 Å². The number of anilines is 1. The van der Waals surface area contributed by atoms with Crippen LogP contribution in [0.2, 0.25) is 5.02 Å². The molecule has 1 amide bonds. The van der Waals surface area contributed by atoms with E-state index < -0.39 is 10.0 Å². The van der Waals surface area contributed by atoms with Gasteiger partial charge >= 0.3 is 0 Å². The summed E-state index contributed by atoms with van der Waals surface area (Å²) in [5.74, 6) is 1.13. The van der Waals surface area contributed by atoms with Gasteiger partial charge in [-0.15, -0.1) is 0 Å². The minimum atomic E-state index is -3.80. The van der Waals surface area contributed by atoms with Crippen LogP contribution in [0.4, 0.5) is 5.69 Å². The van der Waals surface area contributed by atoms with Crippen molar-refractivity contribution in [3.63, 3.8) is 0 Å². The predicted octanol–water partition coefficient (Wildman–Crippen LogP) is 3.69. The SMILES string of the molecule is COc1ccc(NS(=O)(=O)c2ccc(OCC(=O)NCCC(C)C)cc2)cc1Cl. The Balaban J connectivity index is 1.94. The highest BCUT2D eigenvalue weighted by Crippen LogP contribution is 2.28. The van der Waals surface area contributed by atoms with Gasteiger partial charge in [-0.1, -0.05) is 25.4 Å². The molecular weight excluding hydrogens is 416 g/mol. The molecule has 0 unspecified atom stereocenters. The number of methoxy groups -OCH3 is 1. The van der Waals surface area contributed by atoms with Crippen LogP contribution in [0.5, 0.6) is 11.5 Å². The number of hydrogen-bond acceptors (Lipinski definition) is 5. The van der Waals surface area contributed by atoms with Crippen LogP contribution in [0.3, 0.4) is 0 Å². The average molecular weight is 441 g/mol. The van der Waals surface area contributed by atoms with Gasteiger partial charge in [-0.05, 0) is 54.8 Å². The van der Waals surface area contributed by atoms with Crippen LogP contribution in [-0.4, -0.2) is 34.6 Å². The maximum Gasteiger partial charge on any atom is 0.261 e. The third kappa shape index (κ3) is 7.14. The quantitative estimate of drug-likeness (QED) is 0.587. The predicted molar refractivity (Wildman–Crippen MR) is 113 cm³/mol. The van der Waals surface area contributed by atoms with E-state index >= 15 is 0 Å². The summed E-state index contributed by atoms with van der Waals surface area (Å²) in [7, 11) is -2.33. The van der Waals surface area contributed by atoms with E-state index in [1.54, 1.807) is 12.1 Å². The van der Waals surface area contributed by atoms with E-state index in [0.29, 0.717) is 34.7 Å². The molecule has 0 aromatic heterocycles. The van der Waals surface area contributed by atoms with E-state index in [4.69, 9.17) is 21.1 Å². The number of sulfonamides is 1. The molecule has 9 heteroatoms. The largest absolute Gasteiger partial charge is 0.495 e. The Kier molecular flexibility index (Phi) is 8.16. The van der Waals surface area contributed by atoms with Crippen molar-refractivity contribution >= 4 is 33.2 Å². The highest BCUT2D eigenvalue weighted by Gasteiger charge is 2.15. The van der Waals surface area contributed by atoms with Gasteiger partial charge in [0.25, 0.3) is 15.9 Å². The number of ether oxygens (including phenoxy) is 2. The molecule has 0 saturated heterocycles. The van der Waals surface area contributed by atoms with Gasteiger partial charge < -0.3 is 14.8 Å². The lowest BCUT2D eigenvalue weighted by molar-refractivity contribution is -0.123. The standard InChI is InChI=1S/C20H25ClN2O5S/c1-14(2)10-11-22-20(24)13-28-16-5-7-17(8-6-16)29(25,26)23-15-4-9-19(27-3)18(21)12-15/h4-9,12,14,23H,10-11,13H2,1-3H3,(H,22,24). The Hall–Kier alpha value is -2.45. The first-order valence-corrected chi connectivity index (χ1v) is 10.9. The molecule has 0 spiro atoms. The Bertz CT molecular complexity index is 930. The maximum absolute atomic E-state index is 12.5. The fourth-order valence-electron chi connectivity index (χ4n) is 2.36. The molecule has 0 aliphatic heterocycles. The molecule has 7 nitrogen and oxygen atoms in total. The summed E-state index contributed by atoms with van der Waals surface area (Å²) >= 11 is 6.02. The topological polar surface area (TPSA) is 93.7 Å². The lowest BCUT2D eigenvalue weighted by atomic mass is 10.1. The van der Waals surface area contributed by atoms with Gasteiger partial charge in [0.05, 0.1) is 22.7 Å². The molecular formula is C20H25ClN2O5S. The van der Waals surface area contributed by atoms with Gasteiger partial charge in [0.1, 0.15) is 11.5 Å². The van der Waals surface area contributed by atoms with Gasteiger partial charge in [0.2, 0.25) is 0 Å². The Labute approximate surface area is 176 Å². The smallest absolute Gasteiger partial charge is 0.261 e. The van der Waals surface area contributed by atoms with Gasteiger partial charge in [-0.2, -0.15) is 0 Å². The molecule has 0 bridgehead atoms. The van der Waals surface area contributed by atoms with E-state index in [1.165, 1.54) is 37.4 Å². The fourth-order valence-corrected chi connectivity index (χ4v) is 3.67. The van der Waals surface area contributed by atoms with Crippen molar-refractivity contribution in [3.8, 4) is 11.5 Å². The van der Waals surface area contributed by atoms with Crippen molar-refractivity contribution in [2.24, 2.45) is 5.92 Å². The molecule has 0 saturated carbocycles. The Morgan fingerprint density at radius 2 is 1.83 bits per heavy atom. The van der Waals surface area contributed by atoms with Crippen LogP contribution < -0.4 is 19.5 Å². The molecule has 0 aliphatic rings. The Morgan fingerprint density at radius 1 is 1.14 bits per heavy atom. The molecule has 0 heterocycles. The molecule has 2 aromatic rings. The number of carbonyl (C=O) groups is 1. The van der Waals surface area contributed by atoms with Crippen LogP contribution in [-0.2, 0) is 14.8 Å². The van der Waals surface area contributed by atoms with Crippen molar-refractivity contribution in [1.29, 1.82) is 0 Å². The number of hydrogen-bond donors (Lipinski definition) is 2. The third-order valence-electron chi connectivity index (χ3n) is 3.95. The zero-order valence-corrected chi connectivity index (χ0v) is 18.1. The van der Waals surface area contributed by atoms with Crippen molar-refractivity contribution in [3.05, 3.63) is 47.5 Å². The molecule has 2 rings (SSSR count). The first-order chi connectivity index (χ1) is 13.7. The molecule has 158 valence electrons. The van der Waals surface area contributed by atoms with Crippen LogP contribution in [0.15, 0.2) is 47.4 Å². The zero-order chi connectivity index (χ0) is 21.4. The van der Waals surface area contributed by atoms with E-state index in [1.807, 2.05) is 0 Å². The number of carbonyl (C=O) groups excluding carboxylic acids is 1. The van der Waals surface area contributed by atoms with Gasteiger partial charge in [0.15, 0.2) is 6.61 Å². The minimum absolute atomic E-state index is 0.0539. The highest BCUT2D eigenvalue weighted by atomic mass is 35.5. The van der Waals surface area contributed by atoms with Gasteiger partial charge in [-0.25, -0.2) is 8.42 Å². The normalized spacial score (nSPS) is 11.2. The summed E-state index contributed by atoms with van der Waals surface area (Å²) in [6.45, 7) is 4.62. The Morgan fingerprint density at radius 3 is 2.41 bits per heavy atom. The summed E-state index contributed by atoms with van der Waals surface area (Å²) in [5, 5.41) is 3.06. The second kappa shape index (κ2) is 10.4. The fraction of sp³-hybridized carbons (Fsp3) is 0.350. The van der Waals surface area contributed by atoms with Crippen molar-refractivity contribution < 1.29 is 22.7 Å². The monoisotopic (exact) mass is 440 g/mol. The van der Waals surface area contributed by atoms with Crippen molar-refractivity contribution in [2.45, 2.75) is 25.2 Å². The van der Waals surface area contributed by atoms with Crippen molar-refractivity contribution in [2.75, 3.05) is 25.0 Å². The van der Waals surface area contributed by atoms with Gasteiger partial charge in [0, 0.05) is 6.54 Å². The average Bonchev–Trinajstić information content (AvgIpc) is 2.66. The minimum Gasteiger partial charge on any atom is -0.495 e. The van der Waals surface area contributed by atoms with E-state index in [9.17, 15) is 13.2 Å². The molecule has 0 fully saturated rings. The lowest BCUT2D eigenvalue weighted by Crippen LogP contribution is -2.30. The second-order valence-electron chi connectivity index (χ2n) is 6.75. The second-order valence-corrected chi connectivity index (χ2v) is 8.84. The lowest BCUT2D eigenvalue weighted by Gasteiger charge is -2.11. The van der Waals surface area contributed by atoms with Crippen molar-refractivity contribution in [1.82, 2.24) is 5.32 Å².